The van der Waals surface area contributed by atoms with Crippen LogP contribution in [-0.2, 0) is 0 Å². The number of nitrogen functional groups attached to an aromatic ring is 1. The molecular formula is C14H12BrCl2N3O. The summed E-state index contributed by atoms with van der Waals surface area (Å²) in [6.45, 7) is 3.57. The Morgan fingerprint density at radius 2 is 1.95 bits per heavy atom. The van der Waals surface area contributed by atoms with Crippen LogP contribution in [0.4, 0.5) is 11.4 Å². The van der Waals surface area contributed by atoms with Crippen molar-refractivity contribution in [3.05, 3.63) is 49.7 Å². The molecule has 0 aliphatic heterocycles. The molecule has 0 spiro atoms. The third kappa shape index (κ3) is 3.48. The number of hydrogen-bond donors (Lipinski definition) is 2. The lowest BCUT2D eigenvalue weighted by atomic mass is 10.1. The average Bonchev–Trinajstić information content (AvgIpc) is 2.37. The maximum absolute atomic E-state index is 12.4. The Hall–Kier alpha value is -1.30. The predicted octanol–water partition coefficient (Wildman–Crippen LogP) is 4.60. The molecule has 0 atom stereocenters. The molecule has 0 aliphatic carbocycles. The van der Waals surface area contributed by atoms with Crippen molar-refractivity contribution >= 4 is 56.4 Å². The summed E-state index contributed by atoms with van der Waals surface area (Å²) < 4.78 is 0.729. The van der Waals surface area contributed by atoms with Gasteiger partial charge in [-0.3, -0.25) is 4.79 Å². The first kappa shape index (κ1) is 16.1. The van der Waals surface area contributed by atoms with E-state index in [1.54, 1.807) is 32.0 Å². The van der Waals surface area contributed by atoms with Gasteiger partial charge in [0.25, 0.3) is 5.91 Å². The monoisotopic (exact) mass is 387 g/mol. The maximum Gasteiger partial charge on any atom is 0.256 e. The van der Waals surface area contributed by atoms with Crippen molar-refractivity contribution < 1.29 is 4.79 Å². The van der Waals surface area contributed by atoms with E-state index in [-0.39, 0.29) is 16.2 Å². The summed E-state index contributed by atoms with van der Waals surface area (Å²) >= 11 is 15.2. The van der Waals surface area contributed by atoms with Gasteiger partial charge in [0.1, 0.15) is 5.15 Å². The zero-order valence-corrected chi connectivity index (χ0v) is 14.4. The van der Waals surface area contributed by atoms with Crippen molar-refractivity contribution in [2.45, 2.75) is 13.8 Å². The van der Waals surface area contributed by atoms with E-state index in [1.165, 1.54) is 0 Å². The summed E-state index contributed by atoms with van der Waals surface area (Å²) in [5, 5.41) is 3.17. The Morgan fingerprint density at radius 3 is 2.57 bits per heavy atom. The minimum atomic E-state index is -0.311. The summed E-state index contributed by atoms with van der Waals surface area (Å²) in [6, 6.07) is 5.08. The Balaban J connectivity index is 2.40. The van der Waals surface area contributed by atoms with Crippen LogP contribution < -0.4 is 11.1 Å². The maximum atomic E-state index is 12.4. The number of benzene rings is 1. The molecule has 0 bridgehead atoms. The molecule has 0 fully saturated rings. The fourth-order valence-corrected chi connectivity index (χ4v) is 2.92. The molecule has 1 amide bonds. The fourth-order valence-electron chi connectivity index (χ4n) is 1.86. The van der Waals surface area contributed by atoms with Gasteiger partial charge in [-0.1, -0.05) is 39.1 Å². The summed E-state index contributed by atoms with van der Waals surface area (Å²) in [4.78, 5) is 16.3. The number of nitrogens with zero attached hydrogens (tertiary/aromatic N) is 1. The number of pyridine rings is 1. The van der Waals surface area contributed by atoms with Gasteiger partial charge in [0, 0.05) is 15.7 Å². The molecule has 1 aromatic heterocycles. The number of aryl methyl sites for hydroxylation is 1. The number of carbonyl (C=O) groups is 1. The summed E-state index contributed by atoms with van der Waals surface area (Å²) in [7, 11) is 0. The predicted molar refractivity (Wildman–Crippen MR) is 90.2 cm³/mol. The first-order valence-corrected chi connectivity index (χ1v) is 7.54. The Kier molecular flexibility index (Phi) is 4.76. The van der Waals surface area contributed by atoms with Crippen LogP contribution in [0.2, 0.25) is 10.3 Å². The van der Waals surface area contributed by atoms with Crippen molar-refractivity contribution in [2.24, 2.45) is 0 Å². The highest BCUT2D eigenvalue weighted by molar-refractivity contribution is 9.10. The lowest BCUT2D eigenvalue weighted by Crippen LogP contribution is -2.15. The second-order valence-corrected chi connectivity index (χ2v) is 6.21. The van der Waals surface area contributed by atoms with E-state index >= 15 is 0 Å². The second-order valence-electron chi connectivity index (χ2n) is 4.55. The molecule has 21 heavy (non-hydrogen) atoms. The molecule has 1 aromatic carbocycles. The number of hydrogen-bond acceptors (Lipinski definition) is 3. The van der Waals surface area contributed by atoms with Crippen LogP contribution in [-0.4, -0.2) is 10.9 Å². The van der Waals surface area contributed by atoms with Gasteiger partial charge in [0.15, 0.2) is 5.15 Å². The first-order valence-electron chi connectivity index (χ1n) is 5.99. The molecular weight excluding hydrogens is 377 g/mol. The van der Waals surface area contributed by atoms with Crippen LogP contribution in [0.25, 0.3) is 0 Å². The lowest BCUT2D eigenvalue weighted by Gasteiger charge is -2.13. The molecule has 3 N–H and O–H groups in total. The topological polar surface area (TPSA) is 68.0 Å². The highest BCUT2D eigenvalue weighted by atomic mass is 79.9. The SMILES string of the molecule is Cc1cc(Cl)nc(Cl)c1NC(=O)c1cc(Br)cc(N)c1C. The van der Waals surface area contributed by atoms with Crippen LogP contribution in [0.3, 0.4) is 0 Å². The number of carbonyl (C=O) groups excluding carboxylic acids is 1. The van der Waals surface area contributed by atoms with Crippen molar-refractivity contribution in [2.75, 3.05) is 11.1 Å². The van der Waals surface area contributed by atoms with Crippen molar-refractivity contribution in [1.82, 2.24) is 4.98 Å². The zero-order valence-electron chi connectivity index (χ0n) is 11.3. The van der Waals surface area contributed by atoms with Gasteiger partial charge in [-0.2, -0.15) is 0 Å². The minimum Gasteiger partial charge on any atom is -0.398 e. The van der Waals surface area contributed by atoms with Crippen molar-refractivity contribution in [3.8, 4) is 0 Å². The number of nitrogens with one attached hydrogen (secondary N) is 1. The minimum absolute atomic E-state index is 0.147. The molecule has 2 rings (SSSR count). The Labute approximate surface area is 140 Å². The fraction of sp³-hybridized carbons (Fsp3) is 0.143. The van der Waals surface area contributed by atoms with Gasteiger partial charge in [-0.25, -0.2) is 4.98 Å². The van der Waals surface area contributed by atoms with Gasteiger partial charge >= 0.3 is 0 Å². The van der Waals surface area contributed by atoms with E-state index in [4.69, 9.17) is 28.9 Å². The third-order valence-corrected chi connectivity index (χ3v) is 3.96. The molecule has 0 saturated heterocycles. The molecule has 4 nitrogen and oxygen atoms in total. The summed E-state index contributed by atoms with van der Waals surface area (Å²) in [5.41, 5.74) is 8.73. The summed E-state index contributed by atoms with van der Waals surface area (Å²) in [6.07, 6.45) is 0. The third-order valence-electron chi connectivity index (χ3n) is 3.04. The summed E-state index contributed by atoms with van der Waals surface area (Å²) in [5.74, 6) is -0.311. The van der Waals surface area contributed by atoms with Crippen LogP contribution in [0, 0.1) is 13.8 Å². The molecule has 0 radical (unpaired) electrons. The number of nitrogens with two attached hydrogens (primary N) is 1. The van der Waals surface area contributed by atoms with Gasteiger partial charge in [0.05, 0.1) is 5.69 Å². The molecule has 110 valence electrons. The highest BCUT2D eigenvalue weighted by Crippen LogP contribution is 2.28. The van der Waals surface area contributed by atoms with Crippen molar-refractivity contribution in [3.63, 3.8) is 0 Å². The van der Waals surface area contributed by atoms with Gasteiger partial charge in [0.2, 0.25) is 0 Å². The molecule has 7 heteroatoms. The van der Waals surface area contributed by atoms with Crippen LogP contribution >= 0.6 is 39.1 Å². The highest BCUT2D eigenvalue weighted by Gasteiger charge is 2.16. The average molecular weight is 389 g/mol. The van der Waals surface area contributed by atoms with Crippen LogP contribution in [0.5, 0.6) is 0 Å². The van der Waals surface area contributed by atoms with Gasteiger partial charge < -0.3 is 11.1 Å². The van der Waals surface area contributed by atoms with E-state index < -0.39 is 0 Å². The van der Waals surface area contributed by atoms with Crippen LogP contribution in [0.15, 0.2) is 22.7 Å². The van der Waals surface area contributed by atoms with E-state index in [9.17, 15) is 4.79 Å². The second kappa shape index (κ2) is 6.22. The largest absolute Gasteiger partial charge is 0.398 e. The zero-order chi connectivity index (χ0) is 15.7. The lowest BCUT2D eigenvalue weighted by molar-refractivity contribution is 0.102. The van der Waals surface area contributed by atoms with Gasteiger partial charge in [-0.05, 0) is 43.2 Å². The van der Waals surface area contributed by atoms with Gasteiger partial charge in [-0.15, -0.1) is 0 Å². The van der Waals surface area contributed by atoms with Crippen LogP contribution in [0.1, 0.15) is 21.5 Å². The molecule has 0 saturated carbocycles. The molecule has 1 heterocycles. The quantitative estimate of drug-likeness (QED) is 0.583. The van der Waals surface area contributed by atoms with E-state index in [2.05, 4.69) is 26.2 Å². The number of aromatic nitrogens is 1. The molecule has 0 unspecified atom stereocenters. The molecule has 2 aromatic rings. The van der Waals surface area contributed by atoms with E-state index in [1.807, 2.05) is 0 Å². The number of amides is 1. The number of rotatable bonds is 2. The normalized spacial score (nSPS) is 10.5. The van der Waals surface area contributed by atoms with E-state index in [0.717, 1.165) is 10.0 Å². The Bertz CT molecular complexity index is 711. The smallest absolute Gasteiger partial charge is 0.256 e. The van der Waals surface area contributed by atoms with E-state index in [0.29, 0.717) is 22.5 Å². The number of halogens is 3. The standard InChI is InChI=1S/C14H12BrCl2N3O/c1-6-3-11(16)19-13(17)12(6)20-14(21)9-4-8(15)5-10(18)7(9)2/h3-5H,18H2,1-2H3,(H,20,21). The van der Waals surface area contributed by atoms with Crippen molar-refractivity contribution in [1.29, 1.82) is 0 Å². The number of anilines is 2. The molecule has 0 aliphatic rings. The Morgan fingerprint density at radius 1 is 1.29 bits per heavy atom. The first-order chi connectivity index (χ1) is 9.79.